The normalized spacial score (nSPS) is 23.1. The van der Waals surface area contributed by atoms with Crippen molar-refractivity contribution in [1.29, 1.82) is 0 Å². The lowest BCUT2D eigenvalue weighted by Crippen LogP contribution is -2.52. The van der Waals surface area contributed by atoms with Crippen molar-refractivity contribution < 1.29 is 14.3 Å². The number of aromatic nitrogens is 2. The predicted molar refractivity (Wildman–Crippen MR) is 127 cm³/mol. The third kappa shape index (κ3) is 4.97. The molecular formula is C24H31N7O3. The highest BCUT2D eigenvalue weighted by Crippen LogP contribution is 2.25. The number of anilines is 1. The molecule has 2 N–H and O–H groups in total. The number of carbonyl (C=O) groups excluding carboxylic acids is 2. The first-order chi connectivity index (χ1) is 16.6. The summed E-state index contributed by atoms with van der Waals surface area (Å²) in [5.74, 6) is 0.878. The molecule has 5 rings (SSSR count). The zero-order chi connectivity index (χ0) is 23.5. The van der Waals surface area contributed by atoms with Crippen LogP contribution in [0.3, 0.4) is 0 Å². The van der Waals surface area contributed by atoms with E-state index in [1.807, 2.05) is 41.1 Å². The molecule has 2 aromatic rings. The molecule has 2 amide bonds. The molecule has 2 atom stereocenters. The highest BCUT2D eigenvalue weighted by Gasteiger charge is 2.33. The second kappa shape index (κ2) is 9.94. The van der Waals surface area contributed by atoms with Crippen molar-refractivity contribution in [2.24, 2.45) is 10.9 Å². The van der Waals surface area contributed by atoms with E-state index in [-0.39, 0.29) is 11.8 Å². The maximum atomic E-state index is 13.1. The number of hydrogen-bond donors (Lipinski definition) is 2. The van der Waals surface area contributed by atoms with Crippen molar-refractivity contribution in [1.82, 2.24) is 25.5 Å². The van der Waals surface area contributed by atoms with Crippen molar-refractivity contribution in [2.75, 3.05) is 25.2 Å². The lowest BCUT2D eigenvalue weighted by Gasteiger charge is -2.22. The Labute approximate surface area is 198 Å². The highest BCUT2D eigenvalue weighted by molar-refractivity contribution is 5.99. The molecule has 180 valence electrons. The summed E-state index contributed by atoms with van der Waals surface area (Å²) < 4.78 is 7.33. The summed E-state index contributed by atoms with van der Waals surface area (Å²) in [5, 5.41) is 9.41. The van der Waals surface area contributed by atoms with Crippen LogP contribution >= 0.6 is 0 Å². The number of amides is 2. The van der Waals surface area contributed by atoms with Crippen molar-refractivity contribution >= 4 is 24.0 Å². The summed E-state index contributed by atoms with van der Waals surface area (Å²) >= 11 is 0. The molecule has 0 saturated carbocycles. The Morgan fingerprint density at radius 2 is 2.00 bits per heavy atom. The van der Waals surface area contributed by atoms with Gasteiger partial charge in [0.2, 0.25) is 0 Å². The standard InChI is InChI=1S/C24H31N7O3/c1-29-21-14-19(13-17-8-11-34-12-9-17)27-31(21)10-7-20(24(29)33)26-23(32)22-25-16-30(28-22)15-18-5-3-2-4-6-18/h2-6,14,16-17,20,22,28H,7-13,15H2,1H3,(H,26,32)/t20-,22?/m1/s1. The maximum Gasteiger partial charge on any atom is 0.261 e. The van der Waals surface area contributed by atoms with Crippen LogP contribution in [0.15, 0.2) is 41.4 Å². The summed E-state index contributed by atoms with van der Waals surface area (Å²) in [4.78, 5) is 31.9. The number of rotatable bonds is 6. The van der Waals surface area contributed by atoms with Crippen molar-refractivity contribution in [3.8, 4) is 0 Å². The zero-order valence-electron chi connectivity index (χ0n) is 19.4. The van der Waals surface area contributed by atoms with E-state index in [4.69, 9.17) is 9.84 Å². The van der Waals surface area contributed by atoms with Gasteiger partial charge < -0.3 is 10.1 Å². The van der Waals surface area contributed by atoms with Crippen LogP contribution in [0.25, 0.3) is 0 Å². The van der Waals surface area contributed by atoms with Crippen molar-refractivity contribution in [3.63, 3.8) is 0 Å². The quantitative estimate of drug-likeness (QED) is 0.662. The first kappa shape index (κ1) is 22.5. The smallest absolute Gasteiger partial charge is 0.261 e. The van der Waals surface area contributed by atoms with Crippen LogP contribution in [-0.4, -0.2) is 65.4 Å². The Balaban J connectivity index is 1.17. The fraction of sp³-hybridized carbons (Fsp3) is 0.500. The Bertz CT molecular complexity index is 1050. The van der Waals surface area contributed by atoms with Gasteiger partial charge in [-0.05, 0) is 37.2 Å². The van der Waals surface area contributed by atoms with E-state index in [1.165, 1.54) is 0 Å². The number of benzene rings is 1. The van der Waals surface area contributed by atoms with Gasteiger partial charge in [0.05, 0.1) is 12.2 Å². The highest BCUT2D eigenvalue weighted by atomic mass is 16.5. The van der Waals surface area contributed by atoms with Gasteiger partial charge in [0.15, 0.2) is 6.17 Å². The molecule has 1 fully saturated rings. The molecule has 3 aliphatic heterocycles. The monoisotopic (exact) mass is 465 g/mol. The molecule has 3 aliphatic rings. The average Bonchev–Trinajstić information content (AvgIpc) is 3.47. The number of nitrogens with zero attached hydrogens (tertiary/aromatic N) is 5. The molecule has 0 aliphatic carbocycles. The summed E-state index contributed by atoms with van der Waals surface area (Å²) in [6, 6.07) is 11.3. The van der Waals surface area contributed by atoms with Gasteiger partial charge in [0.1, 0.15) is 18.2 Å². The van der Waals surface area contributed by atoms with Crippen LogP contribution in [0.4, 0.5) is 5.82 Å². The number of aryl methyl sites for hydroxylation is 1. The predicted octanol–water partition coefficient (Wildman–Crippen LogP) is 1.08. The second-order valence-corrected chi connectivity index (χ2v) is 9.13. The van der Waals surface area contributed by atoms with Gasteiger partial charge in [-0.2, -0.15) is 5.10 Å². The summed E-state index contributed by atoms with van der Waals surface area (Å²) in [6.07, 6.45) is 4.33. The van der Waals surface area contributed by atoms with Gasteiger partial charge in [-0.3, -0.25) is 19.5 Å². The van der Waals surface area contributed by atoms with Gasteiger partial charge in [-0.1, -0.05) is 30.3 Å². The van der Waals surface area contributed by atoms with E-state index in [9.17, 15) is 9.59 Å². The summed E-state index contributed by atoms with van der Waals surface area (Å²) in [5.41, 5.74) is 5.19. The van der Waals surface area contributed by atoms with Crippen LogP contribution in [-0.2, 0) is 33.8 Å². The fourth-order valence-electron chi connectivity index (χ4n) is 4.71. The SMILES string of the molecule is CN1C(=O)[C@H](NC(=O)C2N=CN(Cc3ccccc3)N2)CCn2nc(CC3CCOCC3)cc21. The molecule has 0 bridgehead atoms. The van der Waals surface area contributed by atoms with E-state index in [0.717, 1.165) is 49.6 Å². The summed E-state index contributed by atoms with van der Waals surface area (Å²) in [7, 11) is 1.74. The first-order valence-corrected chi connectivity index (χ1v) is 11.9. The molecule has 34 heavy (non-hydrogen) atoms. The third-order valence-corrected chi connectivity index (χ3v) is 6.65. The molecule has 0 radical (unpaired) electrons. The number of aliphatic imine (C=N–C) groups is 1. The number of ether oxygens (including phenoxy) is 1. The fourth-order valence-corrected chi connectivity index (χ4v) is 4.71. The lowest BCUT2D eigenvalue weighted by atomic mass is 9.95. The van der Waals surface area contributed by atoms with Crippen LogP contribution in [0.1, 0.15) is 30.5 Å². The molecule has 1 unspecified atom stereocenters. The second-order valence-electron chi connectivity index (χ2n) is 9.13. The van der Waals surface area contributed by atoms with E-state index >= 15 is 0 Å². The van der Waals surface area contributed by atoms with Crippen molar-refractivity contribution in [2.45, 2.75) is 51.0 Å². The Morgan fingerprint density at radius 1 is 1.21 bits per heavy atom. The molecule has 1 saturated heterocycles. The molecule has 0 spiro atoms. The van der Waals surface area contributed by atoms with E-state index in [1.54, 1.807) is 23.3 Å². The third-order valence-electron chi connectivity index (χ3n) is 6.65. The minimum absolute atomic E-state index is 0.146. The number of carbonyl (C=O) groups is 2. The van der Waals surface area contributed by atoms with E-state index in [0.29, 0.717) is 25.4 Å². The number of fused-ring (bicyclic) bond motifs is 1. The van der Waals surface area contributed by atoms with E-state index < -0.39 is 12.2 Å². The van der Waals surface area contributed by atoms with Gasteiger partial charge in [-0.25, -0.2) is 15.1 Å². The number of nitrogens with one attached hydrogen (secondary N) is 2. The molecule has 10 nitrogen and oxygen atoms in total. The van der Waals surface area contributed by atoms with Gasteiger partial charge >= 0.3 is 0 Å². The number of hydrazine groups is 1. The van der Waals surface area contributed by atoms with Crippen LogP contribution in [0, 0.1) is 5.92 Å². The molecule has 1 aromatic carbocycles. The van der Waals surface area contributed by atoms with Crippen molar-refractivity contribution in [3.05, 3.63) is 47.7 Å². The molecule has 10 heteroatoms. The molecule has 4 heterocycles. The van der Waals surface area contributed by atoms with Crippen LogP contribution in [0.5, 0.6) is 0 Å². The lowest BCUT2D eigenvalue weighted by molar-refractivity contribution is -0.129. The zero-order valence-corrected chi connectivity index (χ0v) is 19.4. The minimum atomic E-state index is -0.756. The Kier molecular flexibility index (Phi) is 6.59. The Morgan fingerprint density at radius 3 is 2.79 bits per heavy atom. The van der Waals surface area contributed by atoms with Gasteiger partial charge in [0, 0.05) is 32.9 Å². The van der Waals surface area contributed by atoms with Gasteiger partial charge in [-0.15, -0.1) is 0 Å². The van der Waals surface area contributed by atoms with Crippen LogP contribution in [0.2, 0.25) is 0 Å². The minimum Gasteiger partial charge on any atom is -0.381 e. The first-order valence-electron chi connectivity index (χ1n) is 11.9. The molecule has 1 aromatic heterocycles. The number of likely N-dealkylation sites (N-methyl/N-ethyl adjacent to an activating group) is 1. The summed E-state index contributed by atoms with van der Waals surface area (Å²) in [6.45, 7) is 2.77. The maximum absolute atomic E-state index is 13.1. The number of hydrogen-bond acceptors (Lipinski definition) is 7. The van der Waals surface area contributed by atoms with Crippen LogP contribution < -0.4 is 15.6 Å². The molecular weight excluding hydrogens is 434 g/mol. The average molecular weight is 466 g/mol. The largest absolute Gasteiger partial charge is 0.381 e. The Hall–Kier alpha value is -3.24. The van der Waals surface area contributed by atoms with E-state index in [2.05, 4.69) is 15.7 Å². The topological polar surface area (TPSA) is 104 Å². The van der Waals surface area contributed by atoms with Gasteiger partial charge in [0.25, 0.3) is 11.8 Å².